The minimum atomic E-state index is -0.412. The van der Waals surface area contributed by atoms with Crippen molar-refractivity contribution in [2.75, 3.05) is 0 Å². The van der Waals surface area contributed by atoms with Crippen molar-refractivity contribution in [1.29, 1.82) is 0 Å². The Balaban J connectivity index is 2.44. The van der Waals surface area contributed by atoms with Gasteiger partial charge in [-0.15, -0.1) is 0 Å². The average molecular weight is 327 g/mol. The van der Waals surface area contributed by atoms with Crippen LogP contribution in [0.1, 0.15) is 52.7 Å². The Labute approximate surface area is 143 Å². The van der Waals surface area contributed by atoms with Gasteiger partial charge >= 0.3 is 0 Å². The molecule has 0 saturated carbocycles. The summed E-state index contributed by atoms with van der Waals surface area (Å²) < 4.78 is 6.08. The van der Waals surface area contributed by atoms with Crippen molar-refractivity contribution in [2.24, 2.45) is 0 Å². The summed E-state index contributed by atoms with van der Waals surface area (Å²) in [6, 6.07) is 12.5. The SMILES string of the molecule is CC(C)(C)c1ccc(C(C)(C)C)c(Oc2ccc([N+](=O)[O-])cc2)c1. The third-order valence-electron chi connectivity index (χ3n) is 3.93. The van der Waals surface area contributed by atoms with Crippen molar-refractivity contribution in [3.05, 3.63) is 63.7 Å². The van der Waals surface area contributed by atoms with Crippen molar-refractivity contribution in [2.45, 2.75) is 52.4 Å². The molecule has 0 aliphatic carbocycles. The highest BCUT2D eigenvalue weighted by molar-refractivity contribution is 5.46. The van der Waals surface area contributed by atoms with Crippen molar-refractivity contribution in [1.82, 2.24) is 0 Å². The second kappa shape index (κ2) is 6.27. The molecule has 0 heterocycles. The lowest BCUT2D eigenvalue weighted by atomic mass is 9.81. The van der Waals surface area contributed by atoms with E-state index in [0.29, 0.717) is 5.75 Å². The van der Waals surface area contributed by atoms with Gasteiger partial charge in [-0.3, -0.25) is 10.1 Å². The zero-order valence-corrected chi connectivity index (χ0v) is 15.2. The van der Waals surface area contributed by atoms with Gasteiger partial charge in [0.2, 0.25) is 0 Å². The molecule has 2 rings (SSSR count). The first-order valence-corrected chi connectivity index (χ1v) is 8.06. The highest BCUT2D eigenvalue weighted by Gasteiger charge is 2.23. The number of nitro groups is 1. The number of hydrogen-bond acceptors (Lipinski definition) is 3. The van der Waals surface area contributed by atoms with Gasteiger partial charge < -0.3 is 4.74 Å². The molecular weight excluding hydrogens is 302 g/mol. The van der Waals surface area contributed by atoms with Crippen molar-refractivity contribution in [3.8, 4) is 11.5 Å². The lowest BCUT2D eigenvalue weighted by Crippen LogP contribution is -2.16. The van der Waals surface area contributed by atoms with Crippen LogP contribution in [0, 0.1) is 10.1 Å². The fourth-order valence-electron chi connectivity index (χ4n) is 2.46. The monoisotopic (exact) mass is 327 g/mol. The third kappa shape index (κ3) is 4.13. The summed E-state index contributed by atoms with van der Waals surface area (Å²) in [5.41, 5.74) is 2.30. The smallest absolute Gasteiger partial charge is 0.269 e. The molecule has 0 spiro atoms. The van der Waals surface area contributed by atoms with Gasteiger partial charge in [0.05, 0.1) is 4.92 Å². The van der Waals surface area contributed by atoms with Gasteiger partial charge in [0.15, 0.2) is 0 Å². The summed E-state index contributed by atoms with van der Waals surface area (Å²) in [4.78, 5) is 10.4. The van der Waals surface area contributed by atoms with E-state index < -0.39 is 4.92 Å². The van der Waals surface area contributed by atoms with E-state index >= 15 is 0 Å². The van der Waals surface area contributed by atoms with Crippen LogP contribution in [0.5, 0.6) is 11.5 Å². The Morgan fingerprint density at radius 3 is 1.92 bits per heavy atom. The number of benzene rings is 2. The quantitative estimate of drug-likeness (QED) is 0.514. The minimum absolute atomic E-state index is 0.0179. The van der Waals surface area contributed by atoms with Crippen LogP contribution in [0.2, 0.25) is 0 Å². The largest absolute Gasteiger partial charge is 0.457 e. The maximum absolute atomic E-state index is 10.8. The van der Waals surface area contributed by atoms with Gasteiger partial charge in [-0.25, -0.2) is 0 Å². The van der Waals surface area contributed by atoms with Gasteiger partial charge in [-0.2, -0.15) is 0 Å². The van der Waals surface area contributed by atoms with Crippen LogP contribution in [0.15, 0.2) is 42.5 Å². The summed E-state index contributed by atoms with van der Waals surface area (Å²) in [7, 11) is 0. The Morgan fingerprint density at radius 2 is 1.46 bits per heavy atom. The predicted octanol–water partition coefficient (Wildman–Crippen LogP) is 5.98. The van der Waals surface area contributed by atoms with Gasteiger partial charge in [0, 0.05) is 17.7 Å². The Morgan fingerprint density at radius 1 is 0.875 bits per heavy atom. The molecule has 0 bridgehead atoms. The Bertz CT molecular complexity index is 735. The fraction of sp³-hybridized carbons (Fsp3) is 0.400. The zero-order valence-electron chi connectivity index (χ0n) is 15.2. The third-order valence-corrected chi connectivity index (χ3v) is 3.93. The van der Waals surface area contributed by atoms with Gasteiger partial charge in [-0.1, -0.05) is 53.7 Å². The van der Waals surface area contributed by atoms with Crippen LogP contribution in [0.3, 0.4) is 0 Å². The Kier molecular flexibility index (Phi) is 4.70. The van der Waals surface area contributed by atoms with Crippen LogP contribution in [0.4, 0.5) is 5.69 Å². The Hall–Kier alpha value is -2.36. The molecule has 0 radical (unpaired) electrons. The lowest BCUT2D eigenvalue weighted by Gasteiger charge is -2.26. The van der Waals surface area contributed by atoms with Crippen LogP contribution < -0.4 is 4.74 Å². The molecule has 128 valence electrons. The summed E-state index contributed by atoms with van der Waals surface area (Å²) in [6.07, 6.45) is 0. The average Bonchev–Trinajstić information content (AvgIpc) is 2.45. The van der Waals surface area contributed by atoms with Crippen LogP contribution in [-0.2, 0) is 10.8 Å². The molecular formula is C20H25NO3. The number of non-ortho nitro benzene ring substituents is 1. The van der Waals surface area contributed by atoms with Gasteiger partial charge in [0.25, 0.3) is 5.69 Å². The van der Waals surface area contributed by atoms with E-state index in [0.717, 1.165) is 11.3 Å². The van der Waals surface area contributed by atoms with Crippen molar-refractivity contribution >= 4 is 5.69 Å². The number of nitro benzene ring substituents is 1. The minimum Gasteiger partial charge on any atom is -0.457 e. The normalized spacial score (nSPS) is 12.1. The number of rotatable bonds is 3. The second-order valence-corrected chi connectivity index (χ2v) is 8.06. The van der Waals surface area contributed by atoms with Crippen LogP contribution in [-0.4, -0.2) is 4.92 Å². The van der Waals surface area contributed by atoms with E-state index in [1.165, 1.54) is 17.7 Å². The molecule has 0 fully saturated rings. The summed E-state index contributed by atoms with van der Waals surface area (Å²) >= 11 is 0. The topological polar surface area (TPSA) is 52.4 Å². The first-order valence-electron chi connectivity index (χ1n) is 8.06. The van der Waals surface area contributed by atoms with E-state index in [9.17, 15) is 10.1 Å². The first kappa shape index (κ1) is 18.0. The van der Waals surface area contributed by atoms with Crippen LogP contribution in [0.25, 0.3) is 0 Å². The number of ether oxygens (including phenoxy) is 1. The van der Waals surface area contributed by atoms with Crippen molar-refractivity contribution < 1.29 is 9.66 Å². The van der Waals surface area contributed by atoms with E-state index in [1.54, 1.807) is 12.1 Å². The molecule has 0 aliphatic heterocycles. The fourth-order valence-corrected chi connectivity index (χ4v) is 2.46. The maximum atomic E-state index is 10.8. The van der Waals surface area contributed by atoms with Crippen LogP contribution >= 0.6 is 0 Å². The number of hydrogen-bond donors (Lipinski definition) is 0. The molecule has 0 unspecified atom stereocenters. The highest BCUT2D eigenvalue weighted by Crippen LogP contribution is 2.37. The molecule has 24 heavy (non-hydrogen) atoms. The van der Waals surface area contributed by atoms with Gasteiger partial charge in [-0.05, 0) is 34.6 Å². The molecule has 0 aromatic heterocycles. The molecule has 2 aromatic rings. The molecule has 4 heteroatoms. The van der Waals surface area contributed by atoms with E-state index in [2.05, 4.69) is 59.7 Å². The molecule has 0 atom stereocenters. The van der Waals surface area contributed by atoms with Crippen molar-refractivity contribution in [3.63, 3.8) is 0 Å². The number of nitrogens with zero attached hydrogens (tertiary/aromatic N) is 1. The maximum Gasteiger partial charge on any atom is 0.269 e. The molecule has 0 amide bonds. The first-order chi connectivity index (χ1) is 11.0. The summed E-state index contributed by atoms with van der Waals surface area (Å²) in [5.74, 6) is 1.39. The standard InChI is InChI=1S/C20H25NO3/c1-19(2,3)14-7-12-17(20(4,5)6)18(13-14)24-16-10-8-15(9-11-16)21(22)23/h7-13H,1-6H3. The molecule has 4 nitrogen and oxygen atoms in total. The van der Waals surface area contributed by atoms with Gasteiger partial charge in [0.1, 0.15) is 11.5 Å². The molecule has 0 saturated heterocycles. The molecule has 2 aromatic carbocycles. The lowest BCUT2D eigenvalue weighted by molar-refractivity contribution is -0.384. The summed E-state index contributed by atoms with van der Waals surface area (Å²) in [6.45, 7) is 12.9. The van der Waals surface area contributed by atoms with E-state index in [1.807, 2.05) is 0 Å². The molecule has 0 aliphatic rings. The molecule has 0 N–H and O–H groups in total. The van der Waals surface area contributed by atoms with E-state index in [4.69, 9.17) is 4.74 Å². The van der Waals surface area contributed by atoms with E-state index in [-0.39, 0.29) is 16.5 Å². The second-order valence-electron chi connectivity index (χ2n) is 8.06. The zero-order chi connectivity index (χ0) is 18.1. The summed E-state index contributed by atoms with van der Waals surface area (Å²) in [5, 5.41) is 10.8. The predicted molar refractivity (Wildman–Crippen MR) is 97.0 cm³/mol. The highest BCUT2D eigenvalue weighted by atomic mass is 16.6.